The fraction of sp³-hybridized carbons (Fsp3) is 0.300. The van der Waals surface area contributed by atoms with Crippen LogP contribution in [-0.2, 0) is 6.54 Å². The summed E-state index contributed by atoms with van der Waals surface area (Å²) in [6.45, 7) is 3.66. The minimum absolute atomic E-state index is 0.684. The molecule has 0 aliphatic carbocycles. The lowest BCUT2D eigenvalue weighted by molar-refractivity contribution is 0.483. The van der Waals surface area contributed by atoms with Gasteiger partial charge in [0.25, 0.3) is 0 Å². The van der Waals surface area contributed by atoms with E-state index in [1.165, 1.54) is 0 Å². The molecule has 2 aromatic heterocycles. The number of rotatable bonds is 4. The molecule has 0 aliphatic heterocycles. The van der Waals surface area contributed by atoms with Crippen molar-refractivity contribution >= 4 is 27.3 Å². The molecule has 2 rings (SSSR count). The average molecular weight is 287 g/mol. The second kappa shape index (κ2) is 4.92. The van der Waals surface area contributed by atoms with Gasteiger partial charge in [-0.2, -0.15) is 0 Å². The number of nitrogens with zero attached hydrogens (tertiary/aromatic N) is 1. The zero-order chi connectivity index (χ0) is 10.7. The number of hydrogen-bond donors (Lipinski definition) is 1. The van der Waals surface area contributed by atoms with Crippen LogP contribution in [0.15, 0.2) is 26.5 Å². The molecule has 5 heteroatoms. The van der Waals surface area contributed by atoms with Crippen molar-refractivity contribution < 1.29 is 4.42 Å². The van der Waals surface area contributed by atoms with Gasteiger partial charge >= 0.3 is 0 Å². The average Bonchev–Trinajstić information content (AvgIpc) is 2.83. The summed E-state index contributed by atoms with van der Waals surface area (Å²) in [5, 5.41) is 3.17. The van der Waals surface area contributed by atoms with Crippen molar-refractivity contribution in [2.24, 2.45) is 0 Å². The van der Waals surface area contributed by atoms with E-state index in [4.69, 9.17) is 4.42 Å². The highest BCUT2D eigenvalue weighted by atomic mass is 79.9. The summed E-state index contributed by atoms with van der Waals surface area (Å²) < 4.78 is 6.70. The Balaban J connectivity index is 2.13. The Morgan fingerprint density at radius 3 is 3.07 bits per heavy atom. The van der Waals surface area contributed by atoms with Crippen molar-refractivity contribution in [2.75, 3.05) is 6.54 Å². The third kappa shape index (κ3) is 2.68. The fourth-order valence-electron chi connectivity index (χ4n) is 1.18. The molecule has 0 aromatic carbocycles. The molecule has 2 heterocycles. The molecule has 0 radical (unpaired) electrons. The Hall–Kier alpha value is -0.650. The van der Waals surface area contributed by atoms with Crippen molar-refractivity contribution in [3.05, 3.63) is 28.0 Å². The molecule has 0 spiro atoms. The van der Waals surface area contributed by atoms with Crippen LogP contribution < -0.4 is 5.32 Å². The molecule has 80 valence electrons. The molecule has 0 saturated carbocycles. The minimum Gasteiger partial charge on any atom is -0.438 e. The summed E-state index contributed by atoms with van der Waals surface area (Å²) in [5.74, 6) is 1.56. The van der Waals surface area contributed by atoms with Gasteiger partial charge in [-0.05, 0) is 34.6 Å². The van der Waals surface area contributed by atoms with Crippen LogP contribution in [0, 0.1) is 0 Å². The van der Waals surface area contributed by atoms with Crippen LogP contribution in [0.1, 0.15) is 12.8 Å². The highest BCUT2D eigenvalue weighted by molar-refractivity contribution is 9.11. The molecule has 0 saturated heterocycles. The molecule has 0 atom stereocenters. The first-order valence-electron chi connectivity index (χ1n) is 4.70. The van der Waals surface area contributed by atoms with Crippen LogP contribution >= 0.6 is 27.3 Å². The molecule has 2 aromatic rings. The normalized spacial score (nSPS) is 10.8. The maximum Gasteiger partial charge on any atom is 0.208 e. The quantitative estimate of drug-likeness (QED) is 0.937. The van der Waals surface area contributed by atoms with E-state index in [1.54, 1.807) is 17.5 Å². The lowest BCUT2D eigenvalue weighted by Crippen LogP contribution is -2.11. The van der Waals surface area contributed by atoms with Gasteiger partial charge in [0.1, 0.15) is 0 Å². The predicted molar refractivity (Wildman–Crippen MR) is 64.9 cm³/mol. The van der Waals surface area contributed by atoms with Gasteiger partial charge in [0, 0.05) is 0 Å². The second-order valence-electron chi connectivity index (χ2n) is 3.00. The Morgan fingerprint density at radius 2 is 2.40 bits per heavy atom. The van der Waals surface area contributed by atoms with Crippen LogP contribution in [0.25, 0.3) is 10.6 Å². The molecule has 15 heavy (non-hydrogen) atoms. The molecular weight excluding hydrogens is 276 g/mol. The van der Waals surface area contributed by atoms with Crippen LogP contribution in [0.2, 0.25) is 0 Å². The van der Waals surface area contributed by atoms with Gasteiger partial charge in [0.05, 0.1) is 21.4 Å². The number of halogens is 1. The SMILES string of the molecule is CCNCc1ncc(-c2ccc(Br)s2)o1. The molecule has 0 aliphatic rings. The van der Waals surface area contributed by atoms with Crippen molar-refractivity contribution in [3.63, 3.8) is 0 Å². The van der Waals surface area contributed by atoms with Gasteiger partial charge in [-0.25, -0.2) is 4.98 Å². The first-order chi connectivity index (χ1) is 7.29. The van der Waals surface area contributed by atoms with Crippen molar-refractivity contribution in [2.45, 2.75) is 13.5 Å². The van der Waals surface area contributed by atoms with E-state index in [1.807, 2.05) is 12.1 Å². The molecule has 0 unspecified atom stereocenters. The fourth-order valence-corrected chi connectivity index (χ4v) is 2.52. The molecule has 0 amide bonds. The Labute approximate surface area is 101 Å². The number of thiophene rings is 1. The topological polar surface area (TPSA) is 38.1 Å². The van der Waals surface area contributed by atoms with E-state index in [9.17, 15) is 0 Å². The molecule has 0 fully saturated rings. The van der Waals surface area contributed by atoms with Crippen molar-refractivity contribution in [3.8, 4) is 10.6 Å². The summed E-state index contributed by atoms with van der Waals surface area (Å²) >= 11 is 5.06. The standard InChI is InChI=1S/C10H11BrN2OS/c1-2-12-6-10-13-5-7(14-10)8-3-4-9(11)15-8/h3-5,12H,2,6H2,1H3. The van der Waals surface area contributed by atoms with Gasteiger partial charge < -0.3 is 9.73 Å². The Bertz CT molecular complexity index is 438. The van der Waals surface area contributed by atoms with Crippen LogP contribution in [0.4, 0.5) is 0 Å². The van der Waals surface area contributed by atoms with E-state index in [-0.39, 0.29) is 0 Å². The number of oxazole rings is 1. The number of aromatic nitrogens is 1. The monoisotopic (exact) mass is 286 g/mol. The molecular formula is C10H11BrN2OS. The Morgan fingerprint density at radius 1 is 1.53 bits per heavy atom. The summed E-state index contributed by atoms with van der Waals surface area (Å²) in [4.78, 5) is 5.30. The smallest absolute Gasteiger partial charge is 0.208 e. The summed E-state index contributed by atoms with van der Waals surface area (Å²) in [6.07, 6.45) is 1.77. The van der Waals surface area contributed by atoms with Crippen LogP contribution in [0.3, 0.4) is 0 Å². The lowest BCUT2D eigenvalue weighted by atomic mass is 10.4. The van der Waals surface area contributed by atoms with Crippen LogP contribution in [0.5, 0.6) is 0 Å². The van der Waals surface area contributed by atoms with E-state index in [2.05, 4.69) is 33.2 Å². The van der Waals surface area contributed by atoms with E-state index < -0.39 is 0 Å². The van der Waals surface area contributed by atoms with E-state index in [0.29, 0.717) is 6.54 Å². The summed E-state index contributed by atoms with van der Waals surface area (Å²) in [6, 6.07) is 4.03. The second-order valence-corrected chi connectivity index (χ2v) is 5.47. The Kier molecular flexibility index (Phi) is 3.56. The van der Waals surface area contributed by atoms with Crippen molar-refractivity contribution in [1.29, 1.82) is 0 Å². The molecule has 1 N–H and O–H groups in total. The van der Waals surface area contributed by atoms with E-state index >= 15 is 0 Å². The third-order valence-electron chi connectivity index (χ3n) is 1.90. The number of hydrogen-bond acceptors (Lipinski definition) is 4. The predicted octanol–water partition coefficient (Wildman–Crippen LogP) is 3.28. The zero-order valence-electron chi connectivity index (χ0n) is 8.29. The minimum atomic E-state index is 0.684. The molecule has 3 nitrogen and oxygen atoms in total. The van der Waals surface area contributed by atoms with Gasteiger partial charge in [0.15, 0.2) is 5.76 Å². The first kappa shape index (κ1) is 10.9. The lowest BCUT2D eigenvalue weighted by Gasteiger charge is -1.94. The maximum atomic E-state index is 5.60. The summed E-state index contributed by atoms with van der Waals surface area (Å²) in [5.41, 5.74) is 0. The van der Waals surface area contributed by atoms with Gasteiger partial charge in [-0.3, -0.25) is 0 Å². The highest BCUT2D eigenvalue weighted by Crippen LogP contribution is 2.31. The molecule has 0 bridgehead atoms. The highest BCUT2D eigenvalue weighted by Gasteiger charge is 2.07. The first-order valence-corrected chi connectivity index (χ1v) is 6.31. The van der Waals surface area contributed by atoms with Gasteiger partial charge in [-0.15, -0.1) is 11.3 Å². The largest absolute Gasteiger partial charge is 0.438 e. The van der Waals surface area contributed by atoms with Gasteiger partial charge in [-0.1, -0.05) is 6.92 Å². The van der Waals surface area contributed by atoms with Crippen LogP contribution in [-0.4, -0.2) is 11.5 Å². The number of nitrogens with one attached hydrogen (secondary N) is 1. The third-order valence-corrected chi connectivity index (χ3v) is 3.53. The maximum absolute atomic E-state index is 5.60. The zero-order valence-corrected chi connectivity index (χ0v) is 10.7. The van der Waals surface area contributed by atoms with Crippen molar-refractivity contribution in [1.82, 2.24) is 10.3 Å². The van der Waals surface area contributed by atoms with E-state index in [0.717, 1.165) is 26.9 Å². The summed E-state index contributed by atoms with van der Waals surface area (Å²) in [7, 11) is 0. The van der Waals surface area contributed by atoms with Gasteiger partial charge in [0.2, 0.25) is 5.89 Å².